The summed E-state index contributed by atoms with van der Waals surface area (Å²) in [4.78, 5) is 34.7. The molecule has 0 radical (unpaired) electrons. The third kappa shape index (κ3) is 14.9. The standard InChI is InChI=1S/C39H39ClF4N6O5S2.2CH2O2/c1-38(2,3)55-37(51)50-15-11-24(12-16-50)9-13-45-22-29-18-27(10-14-46-29)30-19-26(25-5-4-6-28(17-25)39(42,43)44)7-8-33(30)54-34-21-32(41)35(20-31(34)40)57(52,53)49-36-48-47-23-56-36;2*2-1-3/h4-8,10,14,17-21,23-24,45H,9,11-13,15-16,22H2,1-3H3,(H,48,49);2*1H,(H,2,3). The van der Waals surface area contributed by atoms with E-state index in [1.807, 2.05) is 20.8 Å². The van der Waals surface area contributed by atoms with Crippen LogP contribution < -0.4 is 14.8 Å². The summed E-state index contributed by atoms with van der Waals surface area (Å²) in [5.41, 5.74) is 2.38. The number of benzene rings is 3. The summed E-state index contributed by atoms with van der Waals surface area (Å²) < 4.78 is 95.9. The first kappa shape index (κ1) is 49.8. The van der Waals surface area contributed by atoms with Crippen molar-refractivity contribution < 1.29 is 60.0 Å². The second-order valence-electron chi connectivity index (χ2n) is 14.6. The van der Waals surface area contributed by atoms with Crippen LogP contribution in [0.5, 0.6) is 11.5 Å². The van der Waals surface area contributed by atoms with E-state index in [0.29, 0.717) is 60.0 Å². The number of ether oxygens (including phenoxy) is 2. The topological polar surface area (TPSA) is 210 Å². The molecule has 15 nitrogen and oxygen atoms in total. The number of piperidine rings is 1. The van der Waals surface area contributed by atoms with Gasteiger partial charge in [0.1, 0.15) is 33.3 Å². The molecule has 5 aromatic rings. The van der Waals surface area contributed by atoms with Gasteiger partial charge in [0.05, 0.1) is 16.3 Å². The van der Waals surface area contributed by atoms with Crippen LogP contribution >= 0.6 is 22.9 Å². The fourth-order valence-corrected chi connectivity index (χ4v) is 8.24. The van der Waals surface area contributed by atoms with E-state index in [1.165, 1.54) is 17.6 Å². The fourth-order valence-electron chi connectivity index (χ4n) is 6.20. The van der Waals surface area contributed by atoms with Gasteiger partial charge in [0.15, 0.2) is 0 Å². The average molecular weight is 939 g/mol. The summed E-state index contributed by atoms with van der Waals surface area (Å²) in [6.45, 7) is 7.42. The Kier molecular flexibility index (Phi) is 17.7. The number of carboxylic acid groups (broad SMARTS) is 2. The van der Waals surface area contributed by atoms with Crippen LogP contribution in [0.1, 0.15) is 51.3 Å². The molecule has 63 heavy (non-hydrogen) atoms. The van der Waals surface area contributed by atoms with Crippen molar-refractivity contribution in [2.24, 2.45) is 5.92 Å². The molecular weight excluding hydrogens is 896 g/mol. The van der Waals surface area contributed by atoms with Crippen LogP contribution in [-0.2, 0) is 37.1 Å². The number of nitrogens with zero attached hydrogens (tertiary/aromatic N) is 4. The normalized spacial score (nSPS) is 13.1. The van der Waals surface area contributed by atoms with Crippen molar-refractivity contribution >= 4 is 57.1 Å². The molecular formula is C41H43ClF4N6O9S2. The van der Waals surface area contributed by atoms with Crippen molar-refractivity contribution in [3.63, 3.8) is 0 Å². The Morgan fingerprint density at radius 3 is 2.29 bits per heavy atom. The number of aromatic nitrogens is 3. The van der Waals surface area contributed by atoms with Crippen molar-refractivity contribution in [1.29, 1.82) is 0 Å². The number of hydrogen-bond donors (Lipinski definition) is 4. The minimum Gasteiger partial charge on any atom is -0.483 e. The number of rotatable bonds is 12. The number of halogens is 5. The highest BCUT2D eigenvalue weighted by Crippen LogP contribution is 2.41. The van der Waals surface area contributed by atoms with Crippen molar-refractivity contribution in [3.8, 4) is 33.8 Å². The van der Waals surface area contributed by atoms with Gasteiger partial charge in [-0.25, -0.2) is 17.6 Å². The first-order valence-electron chi connectivity index (χ1n) is 18.9. The third-order valence-corrected chi connectivity index (χ3v) is 11.4. The molecule has 0 unspecified atom stereocenters. The molecule has 0 saturated carbocycles. The predicted octanol–water partition coefficient (Wildman–Crippen LogP) is 9.20. The number of amides is 1. The summed E-state index contributed by atoms with van der Waals surface area (Å²) in [5, 5.41) is 24.1. The molecule has 1 aliphatic rings. The van der Waals surface area contributed by atoms with Gasteiger partial charge in [-0.15, -0.1) is 10.2 Å². The maximum atomic E-state index is 15.4. The Bertz CT molecular complexity index is 2430. The van der Waals surface area contributed by atoms with Crippen LogP contribution in [0.15, 0.2) is 83.3 Å². The van der Waals surface area contributed by atoms with Crippen LogP contribution in [0.4, 0.5) is 27.5 Å². The highest BCUT2D eigenvalue weighted by molar-refractivity contribution is 7.93. The highest BCUT2D eigenvalue weighted by atomic mass is 35.5. The zero-order chi connectivity index (χ0) is 46.4. The Balaban J connectivity index is 0.00000137. The van der Waals surface area contributed by atoms with Gasteiger partial charge in [-0.3, -0.25) is 19.3 Å². The van der Waals surface area contributed by atoms with E-state index in [9.17, 15) is 26.4 Å². The summed E-state index contributed by atoms with van der Waals surface area (Å²) in [7, 11) is -4.43. The van der Waals surface area contributed by atoms with E-state index in [-0.39, 0.29) is 40.7 Å². The molecule has 0 atom stereocenters. The molecule has 3 aromatic carbocycles. The number of carbonyl (C=O) groups is 3. The quantitative estimate of drug-likeness (QED) is 0.0523. The van der Waals surface area contributed by atoms with Crippen molar-refractivity contribution in [2.45, 2.75) is 63.3 Å². The minimum absolute atomic E-state index is 0.0688. The van der Waals surface area contributed by atoms with Crippen molar-refractivity contribution in [3.05, 3.63) is 101 Å². The van der Waals surface area contributed by atoms with Crippen LogP contribution in [0.3, 0.4) is 0 Å². The number of likely N-dealkylation sites (tertiary alicyclic amines) is 1. The van der Waals surface area contributed by atoms with Gasteiger partial charge in [0.2, 0.25) is 5.13 Å². The smallest absolute Gasteiger partial charge is 0.416 e. The van der Waals surface area contributed by atoms with Gasteiger partial charge in [-0.05, 0) is 112 Å². The predicted molar refractivity (Wildman–Crippen MR) is 227 cm³/mol. The van der Waals surface area contributed by atoms with Gasteiger partial charge in [-0.1, -0.05) is 41.1 Å². The molecule has 1 saturated heterocycles. The Labute approximate surface area is 369 Å². The molecule has 2 aromatic heterocycles. The second-order valence-corrected chi connectivity index (χ2v) is 17.5. The van der Waals surface area contributed by atoms with Gasteiger partial charge in [0.25, 0.3) is 23.0 Å². The van der Waals surface area contributed by atoms with Gasteiger partial charge in [-0.2, -0.15) is 13.2 Å². The second kappa shape index (κ2) is 22.5. The lowest BCUT2D eigenvalue weighted by atomic mass is 9.94. The number of anilines is 1. The van der Waals surface area contributed by atoms with E-state index in [2.05, 4.69) is 25.2 Å². The Morgan fingerprint density at radius 1 is 0.968 bits per heavy atom. The lowest BCUT2D eigenvalue weighted by Gasteiger charge is -2.33. The molecule has 0 bridgehead atoms. The molecule has 338 valence electrons. The van der Waals surface area contributed by atoms with Gasteiger partial charge < -0.3 is 29.9 Å². The molecule has 0 spiro atoms. The average Bonchev–Trinajstić information content (AvgIpc) is 3.73. The van der Waals surface area contributed by atoms with Crippen molar-refractivity contribution in [2.75, 3.05) is 24.4 Å². The summed E-state index contributed by atoms with van der Waals surface area (Å²) in [5.74, 6) is -0.756. The maximum Gasteiger partial charge on any atom is 0.416 e. The summed E-state index contributed by atoms with van der Waals surface area (Å²) in [6.07, 6.45) is -0.623. The molecule has 4 N–H and O–H groups in total. The molecule has 3 heterocycles. The lowest BCUT2D eigenvalue weighted by molar-refractivity contribution is -0.137. The highest BCUT2D eigenvalue weighted by Gasteiger charge is 2.31. The Morgan fingerprint density at radius 2 is 1.65 bits per heavy atom. The van der Waals surface area contributed by atoms with Crippen LogP contribution in [0.2, 0.25) is 5.02 Å². The largest absolute Gasteiger partial charge is 0.483 e. The van der Waals surface area contributed by atoms with E-state index in [1.54, 1.807) is 41.4 Å². The van der Waals surface area contributed by atoms with Crippen LogP contribution in [-0.4, -0.2) is 83.0 Å². The van der Waals surface area contributed by atoms with E-state index < -0.39 is 38.1 Å². The zero-order valence-corrected chi connectivity index (χ0v) is 36.3. The van der Waals surface area contributed by atoms with E-state index in [0.717, 1.165) is 54.9 Å². The number of alkyl halides is 3. The number of nitrogens with one attached hydrogen (secondary N) is 2. The van der Waals surface area contributed by atoms with Gasteiger partial charge in [0, 0.05) is 37.5 Å². The number of pyridine rings is 1. The summed E-state index contributed by atoms with van der Waals surface area (Å²) in [6, 6.07) is 14.9. The SMILES string of the molecule is CC(C)(C)OC(=O)N1CCC(CCNCc2cc(-c3cc(-c4cccc(C(F)(F)F)c4)ccc3Oc3cc(F)c(S(=O)(=O)Nc4nncs4)cc3Cl)ccn2)CC1.O=CO.O=CO. The molecule has 1 amide bonds. The molecule has 22 heteroatoms. The first-order valence-corrected chi connectivity index (χ1v) is 21.6. The molecule has 6 rings (SSSR count). The molecule has 0 aliphatic carbocycles. The van der Waals surface area contributed by atoms with Gasteiger partial charge >= 0.3 is 12.3 Å². The Hall–Kier alpha value is -5.90. The minimum atomic E-state index is -4.56. The summed E-state index contributed by atoms with van der Waals surface area (Å²) >= 11 is 7.37. The number of sulfonamides is 1. The third-order valence-electron chi connectivity index (χ3n) is 9.01. The first-order chi connectivity index (χ1) is 29.8. The monoisotopic (exact) mass is 938 g/mol. The fraction of sp³-hybridized carbons (Fsp3) is 0.317. The lowest BCUT2D eigenvalue weighted by Crippen LogP contribution is -2.42. The zero-order valence-electron chi connectivity index (χ0n) is 33.9. The number of hydrogen-bond acceptors (Lipinski definition) is 12. The van der Waals surface area contributed by atoms with Crippen LogP contribution in [0, 0.1) is 11.7 Å². The molecule has 1 aliphatic heterocycles. The van der Waals surface area contributed by atoms with E-state index >= 15 is 4.39 Å². The molecule has 1 fully saturated rings. The number of carbonyl (C=O) groups excluding carboxylic acids is 1. The van der Waals surface area contributed by atoms with Crippen LogP contribution in [0.25, 0.3) is 22.3 Å². The maximum absolute atomic E-state index is 15.4. The van der Waals surface area contributed by atoms with Crippen molar-refractivity contribution in [1.82, 2.24) is 25.4 Å². The van der Waals surface area contributed by atoms with E-state index in [4.69, 9.17) is 40.9 Å².